The molecule has 0 spiro atoms. The lowest BCUT2D eigenvalue weighted by Gasteiger charge is -2.06. The van der Waals surface area contributed by atoms with Crippen LogP contribution in [0.2, 0.25) is 0 Å². The van der Waals surface area contributed by atoms with E-state index >= 15 is 0 Å². The maximum absolute atomic E-state index is 9.22. The number of rotatable bonds is 3. The SMILES string of the molecule is Cc1csc(/C(C#N)=C/Nc2nc3c(s2)CCCC3)n1. The average Bonchev–Trinajstić information content (AvgIpc) is 3.05. The minimum atomic E-state index is 0.552. The van der Waals surface area contributed by atoms with Gasteiger partial charge in [0, 0.05) is 22.2 Å². The zero-order valence-electron chi connectivity index (χ0n) is 11.1. The molecule has 20 heavy (non-hydrogen) atoms. The third kappa shape index (κ3) is 2.74. The Morgan fingerprint density at radius 1 is 1.40 bits per heavy atom. The highest BCUT2D eigenvalue weighted by Crippen LogP contribution is 2.30. The number of allylic oxidation sites excluding steroid dienone is 1. The molecule has 0 radical (unpaired) electrons. The van der Waals surface area contributed by atoms with Gasteiger partial charge in [-0.1, -0.05) is 0 Å². The van der Waals surface area contributed by atoms with Crippen LogP contribution in [0.3, 0.4) is 0 Å². The molecule has 3 rings (SSSR count). The molecule has 0 saturated carbocycles. The molecule has 2 heterocycles. The van der Waals surface area contributed by atoms with Gasteiger partial charge in [-0.3, -0.25) is 0 Å². The van der Waals surface area contributed by atoms with Gasteiger partial charge in [-0.2, -0.15) is 5.26 Å². The fourth-order valence-electron chi connectivity index (χ4n) is 2.17. The molecule has 102 valence electrons. The topological polar surface area (TPSA) is 61.6 Å². The zero-order valence-corrected chi connectivity index (χ0v) is 12.8. The molecule has 0 aromatic carbocycles. The van der Waals surface area contributed by atoms with E-state index in [1.54, 1.807) is 17.5 Å². The van der Waals surface area contributed by atoms with Crippen LogP contribution in [-0.2, 0) is 12.8 Å². The number of anilines is 1. The van der Waals surface area contributed by atoms with Crippen molar-refractivity contribution in [1.82, 2.24) is 9.97 Å². The van der Waals surface area contributed by atoms with E-state index in [9.17, 15) is 5.26 Å². The number of aryl methyl sites for hydroxylation is 3. The van der Waals surface area contributed by atoms with E-state index in [4.69, 9.17) is 0 Å². The highest BCUT2D eigenvalue weighted by molar-refractivity contribution is 7.15. The third-order valence-electron chi connectivity index (χ3n) is 3.16. The summed E-state index contributed by atoms with van der Waals surface area (Å²) in [5.74, 6) is 0. The van der Waals surface area contributed by atoms with Crippen LogP contribution in [0, 0.1) is 18.3 Å². The van der Waals surface area contributed by atoms with Gasteiger partial charge in [0.1, 0.15) is 16.6 Å². The van der Waals surface area contributed by atoms with Crippen molar-refractivity contribution in [2.75, 3.05) is 5.32 Å². The Bertz CT molecular complexity index is 667. The molecule has 4 nitrogen and oxygen atoms in total. The van der Waals surface area contributed by atoms with Crippen molar-refractivity contribution in [3.8, 4) is 6.07 Å². The van der Waals surface area contributed by atoms with Crippen LogP contribution < -0.4 is 5.32 Å². The monoisotopic (exact) mass is 302 g/mol. The summed E-state index contributed by atoms with van der Waals surface area (Å²) in [4.78, 5) is 10.3. The molecule has 2 aromatic heterocycles. The first-order valence-corrected chi connectivity index (χ1v) is 8.24. The summed E-state index contributed by atoms with van der Waals surface area (Å²) >= 11 is 3.18. The van der Waals surface area contributed by atoms with Gasteiger partial charge >= 0.3 is 0 Å². The Hall–Kier alpha value is -1.71. The number of nitrogens with one attached hydrogen (secondary N) is 1. The van der Waals surface area contributed by atoms with Crippen molar-refractivity contribution in [3.05, 3.63) is 32.9 Å². The first kappa shape index (κ1) is 13.3. The van der Waals surface area contributed by atoms with Crippen LogP contribution >= 0.6 is 22.7 Å². The summed E-state index contributed by atoms with van der Waals surface area (Å²) < 4.78 is 0. The molecule has 0 bridgehead atoms. The second kappa shape index (κ2) is 5.73. The van der Waals surface area contributed by atoms with Crippen molar-refractivity contribution in [3.63, 3.8) is 0 Å². The fourth-order valence-corrected chi connectivity index (χ4v) is 3.95. The first-order valence-electron chi connectivity index (χ1n) is 6.54. The summed E-state index contributed by atoms with van der Waals surface area (Å²) in [7, 11) is 0. The van der Waals surface area contributed by atoms with Crippen molar-refractivity contribution in [1.29, 1.82) is 5.26 Å². The molecule has 0 fully saturated rings. The van der Waals surface area contributed by atoms with E-state index in [1.165, 1.54) is 34.7 Å². The molecule has 0 amide bonds. The summed E-state index contributed by atoms with van der Waals surface area (Å²) in [6.07, 6.45) is 6.41. The molecule has 1 aliphatic rings. The minimum Gasteiger partial charge on any atom is -0.337 e. The lowest BCUT2D eigenvalue weighted by atomic mass is 10.0. The molecule has 0 atom stereocenters. The molecular formula is C14H14N4S2. The quantitative estimate of drug-likeness (QED) is 0.877. The van der Waals surface area contributed by atoms with Gasteiger partial charge in [0.25, 0.3) is 0 Å². The van der Waals surface area contributed by atoms with Crippen LogP contribution in [0.1, 0.15) is 34.1 Å². The Morgan fingerprint density at radius 3 is 2.95 bits per heavy atom. The highest BCUT2D eigenvalue weighted by atomic mass is 32.1. The molecule has 1 aliphatic carbocycles. The number of hydrogen-bond acceptors (Lipinski definition) is 6. The van der Waals surface area contributed by atoms with Gasteiger partial charge in [0.15, 0.2) is 5.13 Å². The van der Waals surface area contributed by atoms with Gasteiger partial charge in [-0.05, 0) is 32.6 Å². The third-order valence-corrected chi connectivity index (χ3v) is 5.24. The van der Waals surface area contributed by atoms with E-state index in [-0.39, 0.29) is 0 Å². The normalized spacial score (nSPS) is 14.7. The number of aromatic nitrogens is 2. The van der Waals surface area contributed by atoms with Gasteiger partial charge in [0.2, 0.25) is 0 Å². The van der Waals surface area contributed by atoms with E-state index in [1.807, 2.05) is 12.3 Å². The standard InChI is InChI=1S/C14H14N4S2/c1-9-8-19-13(17-9)10(6-15)7-16-14-18-11-4-2-3-5-12(11)20-14/h7-8H,2-5H2,1H3,(H,16,18)/b10-7+. The van der Waals surface area contributed by atoms with Gasteiger partial charge < -0.3 is 5.32 Å². The zero-order chi connectivity index (χ0) is 13.9. The van der Waals surface area contributed by atoms with Crippen LogP contribution in [0.4, 0.5) is 5.13 Å². The van der Waals surface area contributed by atoms with Crippen LogP contribution in [-0.4, -0.2) is 9.97 Å². The number of fused-ring (bicyclic) bond motifs is 1. The van der Waals surface area contributed by atoms with Crippen LogP contribution in [0.5, 0.6) is 0 Å². The number of nitrogens with zero attached hydrogens (tertiary/aromatic N) is 3. The van der Waals surface area contributed by atoms with Crippen molar-refractivity contribution >= 4 is 33.4 Å². The predicted molar refractivity (Wildman–Crippen MR) is 82.8 cm³/mol. The number of thiazole rings is 2. The van der Waals surface area contributed by atoms with Gasteiger partial charge in [-0.25, -0.2) is 9.97 Å². The fraction of sp³-hybridized carbons (Fsp3) is 0.357. The summed E-state index contributed by atoms with van der Waals surface area (Å²) in [6.45, 7) is 1.93. The van der Waals surface area contributed by atoms with Crippen molar-refractivity contribution in [2.24, 2.45) is 0 Å². The molecule has 2 aromatic rings. The molecule has 1 N–H and O–H groups in total. The second-order valence-corrected chi connectivity index (χ2v) is 6.65. The molecule has 6 heteroatoms. The van der Waals surface area contributed by atoms with Crippen LogP contribution in [0.15, 0.2) is 11.6 Å². The van der Waals surface area contributed by atoms with E-state index in [0.717, 1.165) is 28.7 Å². The first-order chi connectivity index (χ1) is 9.76. The van der Waals surface area contributed by atoms with E-state index in [0.29, 0.717) is 5.57 Å². The van der Waals surface area contributed by atoms with Gasteiger partial charge in [-0.15, -0.1) is 22.7 Å². The average molecular weight is 302 g/mol. The van der Waals surface area contributed by atoms with Gasteiger partial charge in [0.05, 0.1) is 5.69 Å². The summed E-state index contributed by atoms with van der Waals surface area (Å²) in [6, 6.07) is 2.19. The minimum absolute atomic E-state index is 0.552. The molecular weight excluding hydrogens is 288 g/mol. The van der Waals surface area contributed by atoms with E-state index < -0.39 is 0 Å². The summed E-state index contributed by atoms with van der Waals surface area (Å²) in [5.41, 5.74) is 2.72. The number of nitriles is 1. The smallest absolute Gasteiger partial charge is 0.187 e. The predicted octanol–water partition coefficient (Wildman–Crippen LogP) is 3.76. The lowest BCUT2D eigenvalue weighted by Crippen LogP contribution is -1.99. The maximum Gasteiger partial charge on any atom is 0.187 e. The summed E-state index contributed by atoms with van der Waals surface area (Å²) in [5, 5.41) is 15.9. The Labute approximate surface area is 125 Å². The van der Waals surface area contributed by atoms with Crippen molar-refractivity contribution < 1.29 is 0 Å². The Balaban J connectivity index is 1.78. The maximum atomic E-state index is 9.22. The number of hydrogen-bond donors (Lipinski definition) is 1. The lowest BCUT2D eigenvalue weighted by molar-refractivity contribution is 0.683. The van der Waals surface area contributed by atoms with Crippen molar-refractivity contribution in [2.45, 2.75) is 32.6 Å². The van der Waals surface area contributed by atoms with E-state index in [2.05, 4.69) is 21.4 Å². The largest absolute Gasteiger partial charge is 0.337 e. The Morgan fingerprint density at radius 2 is 2.25 bits per heavy atom. The molecule has 0 unspecified atom stereocenters. The molecule has 0 saturated heterocycles. The highest BCUT2D eigenvalue weighted by Gasteiger charge is 2.14. The van der Waals surface area contributed by atoms with Crippen LogP contribution in [0.25, 0.3) is 5.57 Å². The second-order valence-electron chi connectivity index (χ2n) is 4.70. The molecule has 0 aliphatic heterocycles. The Kier molecular flexibility index (Phi) is 3.81.